The summed E-state index contributed by atoms with van der Waals surface area (Å²) in [6.07, 6.45) is 0. The zero-order chi connectivity index (χ0) is 41.9. The molecule has 2 heteroatoms. The van der Waals surface area contributed by atoms with Crippen LogP contribution in [0.3, 0.4) is 0 Å². The molecule has 0 saturated heterocycles. The second-order valence-electron chi connectivity index (χ2n) is 17.0. The lowest BCUT2D eigenvalue weighted by Gasteiger charge is -2.18. The standard InChI is InChI=1S/C62H36OS/c1-2-16-38(17-3-1)57-46-23-10-12-25-48(46)60(49-26-13-11-24-47(49)57)51-27-14-28-55-62(51)50-32-29-40(36-56(50)64-55)59-44-21-8-6-19-42(44)58(43-20-7-9-22-45(43)59)39-31-33-53-52(35-39)61-41-18-5-4-15-37(41)30-34-54(61)63-53/h1-36H. The maximum absolute atomic E-state index is 6.45. The van der Waals surface area contributed by atoms with Gasteiger partial charge in [0.1, 0.15) is 11.2 Å². The normalized spacial score (nSPS) is 12.1. The van der Waals surface area contributed by atoms with Crippen molar-refractivity contribution >= 4 is 107 Å². The molecule has 0 spiro atoms. The summed E-state index contributed by atoms with van der Waals surface area (Å²) in [6.45, 7) is 0. The van der Waals surface area contributed by atoms with Crippen LogP contribution in [0.1, 0.15) is 0 Å². The smallest absolute Gasteiger partial charge is 0.136 e. The van der Waals surface area contributed by atoms with E-state index >= 15 is 0 Å². The second-order valence-corrected chi connectivity index (χ2v) is 18.1. The van der Waals surface area contributed by atoms with Gasteiger partial charge in [0.2, 0.25) is 0 Å². The molecule has 1 nitrogen and oxygen atoms in total. The summed E-state index contributed by atoms with van der Waals surface area (Å²) in [7, 11) is 0. The molecule has 0 amide bonds. The Morgan fingerprint density at radius 1 is 0.266 bits per heavy atom. The predicted octanol–water partition coefficient (Wildman–Crippen LogP) is 18.4. The van der Waals surface area contributed by atoms with Crippen molar-refractivity contribution < 1.29 is 4.42 Å². The van der Waals surface area contributed by atoms with E-state index in [2.05, 4.69) is 218 Å². The van der Waals surface area contributed by atoms with E-state index in [-0.39, 0.29) is 0 Å². The van der Waals surface area contributed by atoms with Crippen LogP contribution in [-0.4, -0.2) is 0 Å². The first kappa shape index (κ1) is 35.5. The summed E-state index contributed by atoms with van der Waals surface area (Å²) in [5.41, 5.74) is 11.9. The minimum Gasteiger partial charge on any atom is -0.456 e. The average molecular weight is 829 g/mol. The number of fused-ring (bicyclic) bond motifs is 12. The molecule has 0 unspecified atom stereocenters. The summed E-state index contributed by atoms with van der Waals surface area (Å²) in [5, 5.41) is 17.4. The number of hydrogen-bond acceptors (Lipinski definition) is 2. The third kappa shape index (κ3) is 5.12. The Labute approximate surface area is 372 Å². The van der Waals surface area contributed by atoms with Crippen LogP contribution in [0.5, 0.6) is 0 Å². The zero-order valence-corrected chi connectivity index (χ0v) is 35.4. The van der Waals surface area contributed by atoms with Crippen LogP contribution < -0.4 is 0 Å². The topological polar surface area (TPSA) is 13.1 Å². The Morgan fingerprint density at radius 2 is 0.766 bits per heavy atom. The Bertz CT molecular complexity index is 4130. The fourth-order valence-corrected chi connectivity index (χ4v) is 12.1. The lowest BCUT2D eigenvalue weighted by Crippen LogP contribution is -1.91. The molecule has 296 valence electrons. The van der Waals surface area contributed by atoms with Gasteiger partial charge in [-0.2, -0.15) is 0 Å². The third-order valence-electron chi connectivity index (χ3n) is 13.6. The van der Waals surface area contributed by atoms with E-state index in [4.69, 9.17) is 4.42 Å². The Morgan fingerprint density at radius 3 is 1.39 bits per heavy atom. The van der Waals surface area contributed by atoms with Crippen LogP contribution in [0.2, 0.25) is 0 Å². The summed E-state index contributed by atoms with van der Waals surface area (Å²) >= 11 is 1.90. The first-order chi connectivity index (χ1) is 31.8. The van der Waals surface area contributed by atoms with Crippen molar-refractivity contribution in [3.05, 3.63) is 218 Å². The van der Waals surface area contributed by atoms with E-state index in [1.165, 1.54) is 124 Å². The van der Waals surface area contributed by atoms with E-state index in [1.807, 2.05) is 11.3 Å². The van der Waals surface area contributed by atoms with Crippen molar-refractivity contribution in [2.24, 2.45) is 0 Å². The molecule has 2 aromatic heterocycles. The molecule has 0 bridgehead atoms. The van der Waals surface area contributed by atoms with Crippen molar-refractivity contribution in [2.45, 2.75) is 0 Å². The molecule has 0 aliphatic rings. The number of furan rings is 1. The second kappa shape index (κ2) is 13.7. The third-order valence-corrected chi connectivity index (χ3v) is 14.7. The lowest BCUT2D eigenvalue weighted by molar-refractivity contribution is 0.669. The number of rotatable bonds is 4. The Hall–Kier alpha value is -8.04. The molecule has 0 N–H and O–H groups in total. The molecule has 64 heavy (non-hydrogen) atoms. The van der Waals surface area contributed by atoms with Gasteiger partial charge in [0.25, 0.3) is 0 Å². The van der Waals surface area contributed by atoms with E-state index in [0.29, 0.717) is 0 Å². The molecule has 2 heterocycles. The highest BCUT2D eigenvalue weighted by atomic mass is 32.1. The highest BCUT2D eigenvalue weighted by molar-refractivity contribution is 7.26. The van der Waals surface area contributed by atoms with E-state index in [9.17, 15) is 0 Å². The van der Waals surface area contributed by atoms with Gasteiger partial charge >= 0.3 is 0 Å². The monoisotopic (exact) mass is 828 g/mol. The summed E-state index contributed by atoms with van der Waals surface area (Å²) < 4.78 is 9.04. The summed E-state index contributed by atoms with van der Waals surface area (Å²) in [4.78, 5) is 0. The molecular formula is C62H36OS. The number of thiophene rings is 1. The molecule has 0 saturated carbocycles. The van der Waals surface area contributed by atoms with Gasteiger partial charge in [-0.3, -0.25) is 0 Å². The SMILES string of the molecule is c1ccc(-c2c3ccccc3c(-c3cccc4sc5cc(-c6c7ccccc7c(-c7ccc8oc9ccc%10ccccc%10c9c8c7)c7ccccc67)ccc5c34)c3ccccc23)cc1. The van der Waals surface area contributed by atoms with Gasteiger partial charge in [-0.15, -0.1) is 11.3 Å². The van der Waals surface area contributed by atoms with Crippen LogP contribution in [0.25, 0.3) is 140 Å². The van der Waals surface area contributed by atoms with Crippen molar-refractivity contribution in [2.75, 3.05) is 0 Å². The number of hydrogen-bond donors (Lipinski definition) is 0. The van der Waals surface area contributed by atoms with Crippen LogP contribution >= 0.6 is 11.3 Å². The highest BCUT2D eigenvalue weighted by Crippen LogP contribution is 2.50. The molecule has 14 aromatic rings. The van der Waals surface area contributed by atoms with E-state index in [1.54, 1.807) is 0 Å². The minimum atomic E-state index is 0.908. The Kier molecular flexibility index (Phi) is 7.63. The minimum absolute atomic E-state index is 0.908. The van der Waals surface area contributed by atoms with Crippen LogP contribution in [0.15, 0.2) is 223 Å². The van der Waals surface area contributed by atoms with Crippen molar-refractivity contribution in [3.8, 4) is 44.5 Å². The van der Waals surface area contributed by atoms with Crippen molar-refractivity contribution in [3.63, 3.8) is 0 Å². The summed E-state index contributed by atoms with van der Waals surface area (Å²) in [5.74, 6) is 0. The fraction of sp³-hybridized carbons (Fsp3) is 0. The van der Waals surface area contributed by atoms with Gasteiger partial charge in [0.05, 0.1) is 0 Å². The predicted molar refractivity (Wildman–Crippen MR) is 276 cm³/mol. The first-order valence-electron chi connectivity index (χ1n) is 22.0. The Balaban J connectivity index is 0.988. The van der Waals surface area contributed by atoms with Crippen molar-refractivity contribution in [1.82, 2.24) is 0 Å². The molecule has 0 atom stereocenters. The quantitative estimate of drug-likeness (QED) is 0.161. The zero-order valence-electron chi connectivity index (χ0n) is 34.6. The van der Waals surface area contributed by atoms with Gasteiger partial charge in [0.15, 0.2) is 0 Å². The molecule has 0 fully saturated rings. The van der Waals surface area contributed by atoms with Crippen LogP contribution in [0, 0.1) is 0 Å². The maximum Gasteiger partial charge on any atom is 0.136 e. The van der Waals surface area contributed by atoms with Gasteiger partial charge in [-0.25, -0.2) is 0 Å². The van der Waals surface area contributed by atoms with Gasteiger partial charge in [-0.1, -0.05) is 188 Å². The maximum atomic E-state index is 6.45. The van der Waals surface area contributed by atoms with Gasteiger partial charge in [-0.05, 0) is 129 Å². The molecular weight excluding hydrogens is 793 g/mol. The molecule has 0 aliphatic heterocycles. The van der Waals surface area contributed by atoms with Crippen molar-refractivity contribution in [1.29, 1.82) is 0 Å². The largest absolute Gasteiger partial charge is 0.456 e. The summed E-state index contributed by atoms with van der Waals surface area (Å²) in [6, 6.07) is 80.5. The number of benzene rings is 12. The molecule has 14 rings (SSSR count). The van der Waals surface area contributed by atoms with E-state index < -0.39 is 0 Å². The van der Waals surface area contributed by atoms with Gasteiger partial charge in [0, 0.05) is 30.9 Å². The van der Waals surface area contributed by atoms with Crippen LogP contribution in [-0.2, 0) is 0 Å². The highest BCUT2D eigenvalue weighted by Gasteiger charge is 2.22. The average Bonchev–Trinajstić information content (AvgIpc) is 3.93. The van der Waals surface area contributed by atoms with Crippen LogP contribution in [0.4, 0.5) is 0 Å². The van der Waals surface area contributed by atoms with E-state index in [0.717, 1.165) is 16.6 Å². The lowest BCUT2D eigenvalue weighted by atomic mass is 9.84. The van der Waals surface area contributed by atoms with Gasteiger partial charge < -0.3 is 4.42 Å². The molecule has 0 aliphatic carbocycles. The fourth-order valence-electron chi connectivity index (χ4n) is 11.0. The first-order valence-corrected chi connectivity index (χ1v) is 22.8. The molecule has 12 aromatic carbocycles. The molecule has 0 radical (unpaired) electrons.